The van der Waals surface area contributed by atoms with Gasteiger partial charge in [-0.05, 0) is 217 Å². The molecule has 656 valence electrons. The topological polar surface area (TPSA) is 280 Å². The number of hydrogen-bond acceptors (Lipinski definition) is 15. The van der Waals surface area contributed by atoms with Crippen molar-refractivity contribution in [3.05, 3.63) is 274 Å². The summed E-state index contributed by atoms with van der Waals surface area (Å²) < 4.78 is 9.57. The van der Waals surface area contributed by atoms with E-state index >= 15 is 0 Å². The van der Waals surface area contributed by atoms with Crippen molar-refractivity contribution in [3.8, 4) is 28.7 Å². The number of nitrogens with zero attached hydrogens (tertiary/aromatic N) is 19. The highest BCUT2D eigenvalue weighted by molar-refractivity contribution is 6.36. The number of fused-ring (bicyclic) bond motifs is 5. The molecule has 0 spiro atoms. The van der Waals surface area contributed by atoms with E-state index in [1.165, 1.54) is 12.8 Å². The molecule has 16 heterocycles. The summed E-state index contributed by atoms with van der Waals surface area (Å²) in [7, 11) is 0. The summed E-state index contributed by atoms with van der Waals surface area (Å²) in [6.45, 7) is 16.8. The molecule has 5 amide bonds. The van der Waals surface area contributed by atoms with Gasteiger partial charge in [0.25, 0.3) is 29.5 Å². The highest BCUT2D eigenvalue weighted by Gasteiger charge is 2.29. The second kappa shape index (κ2) is 40.5. The molecule has 0 unspecified atom stereocenters. The zero-order valence-corrected chi connectivity index (χ0v) is 74.8. The van der Waals surface area contributed by atoms with Gasteiger partial charge in [-0.25, -0.2) is 29.9 Å². The predicted octanol–water partition coefficient (Wildman–Crippen LogP) is 19.5. The second-order valence-electron chi connectivity index (χ2n) is 33.5. The van der Waals surface area contributed by atoms with E-state index in [4.69, 9.17) is 51.5 Å². The molecule has 11 aromatic heterocycles. The Balaban J connectivity index is 0.000000118. The van der Waals surface area contributed by atoms with E-state index in [1.54, 1.807) is 84.9 Å². The summed E-state index contributed by atoms with van der Waals surface area (Å²) in [4.78, 5) is 124. The number of aryl methyl sites for hydroxylation is 2. The first-order valence-corrected chi connectivity index (χ1v) is 45.2. The summed E-state index contributed by atoms with van der Waals surface area (Å²) in [5.41, 5.74) is 11.5. The monoisotopic (exact) mass is 1790 g/mol. The molecule has 128 heavy (non-hydrogen) atoms. The summed E-state index contributed by atoms with van der Waals surface area (Å²) >= 11 is 25.1. The number of piperidine rings is 5. The minimum Gasteiger partial charge on any atom is -0.481 e. The van der Waals surface area contributed by atoms with Crippen LogP contribution in [0.2, 0.25) is 20.1 Å². The number of aliphatic carboxylic acids is 1. The Morgan fingerprint density at radius 2 is 0.867 bits per heavy atom. The largest absolute Gasteiger partial charge is 0.481 e. The normalized spacial score (nSPS) is 15.2. The van der Waals surface area contributed by atoms with Crippen molar-refractivity contribution >= 4 is 137 Å². The van der Waals surface area contributed by atoms with Gasteiger partial charge in [0.15, 0.2) is 11.6 Å². The number of hydrogen-bond donors (Lipinski definition) is 1. The Bertz CT molecular complexity index is 6390. The van der Waals surface area contributed by atoms with Gasteiger partial charge < -0.3 is 34.2 Å². The number of carboxylic acid groups (broad SMARTS) is 1. The number of benzene rings is 4. The van der Waals surface area contributed by atoms with Crippen molar-refractivity contribution in [3.63, 3.8) is 0 Å². The molecule has 15 aromatic rings. The van der Waals surface area contributed by atoms with Gasteiger partial charge in [0.2, 0.25) is 0 Å². The molecule has 0 atom stereocenters. The van der Waals surface area contributed by atoms with Crippen LogP contribution in [0, 0.1) is 24.7 Å². The van der Waals surface area contributed by atoms with Gasteiger partial charge in [-0.2, -0.15) is 0 Å². The Labute approximate surface area is 761 Å². The van der Waals surface area contributed by atoms with E-state index in [0.29, 0.717) is 94.3 Å². The van der Waals surface area contributed by atoms with Crippen LogP contribution in [-0.2, 0) is 11.2 Å². The van der Waals surface area contributed by atoms with Crippen LogP contribution in [0.1, 0.15) is 168 Å². The average molecular weight is 1800 g/mol. The fourth-order valence-corrected chi connectivity index (χ4v) is 17.8. The van der Waals surface area contributed by atoms with Crippen LogP contribution in [-0.4, -0.2) is 198 Å². The van der Waals surface area contributed by atoms with Crippen LogP contribution in [0.4, 0.5) is 0 Å². The number of imidazole rings is 1. The molecule has 0 radical (unpaired) electrons. The average Bonchev–Trinajstić information content (AvgIpc) is 1.61. The number of likely N-dealkylation sites (tertiary alicyclic amines) is 5. The van der Waals surface area contributed by atoms with Crippen LogP contribution in [0.15, 0.2) is 214 Å². The second-order valence-corrected chi connectivity index (χ2v) is 35.2. The van der Waals surface area contributed by atoms with E-state index in [0.717, 1.165) is 196 Å². The lowest BCUT2D eigenvalue weighted by molar-refractivity contribution is -0.137. The molecule has 5 aliphatic rings. The molecule has 5 saturated heterocycles. The van der Waals surface area contributed by atoms with E-state index in [-0.39, 0.29) is 42.4 Å². The third kappa shape index (κ3) is 20.6. The van der Waals surface area contributed by atoms with Gasteiger partial charge in [-0.15, -0.1) is 0 Å². The third-order valence-electron chi connectivity index (χ3n) is 24.3. The predicted molar refractivity (Wildman–Crippen MR) is 500 cm³/mol. The fourth-order valence-electron chi connectivity index (χ4n) is 17.0. The molecular formula is C98H99Cl4N19O7. The maximum absolute atomic E-state index is 12.9. The van der Waals surface area contributed by atoms with Crippen LogP contribution in [0.5, 0.6) is 0 Å². The lowest BCUT2D eigenvalue weighted by Crippen LogP contribution is -2.37. The van der Waals surface area contributed by atoms with Gasteiger partial charge >= 0.3 is 5.97 Å². The number of halogens is 4. The van der Waals surface area contributed by atoms with E-state index in [1.807, 2.05) is 184 Å². The quantitative estimate of drug-likeness (QED) is 0.112. The van der Waals surface area contributed by atoms with Crippen molar-refractivity contribution in [2.24, 2.45) is 17.8 Å². The first kappa shape index (κ1) is 88.7. The van der Waals surface area contributed by atoms with Crippen molar-refractivity contribution in [2.75, 3.05) is 65.4 Å². The molecule has 1 N–H and O–H groups in total. The molecule has 4 aromatic carbocycles. The van der Waals surface area contributed by atoms with E-state index in [9.17, 15) is 28.8 Å². The Morgan fingerprint density at radius 3 is 1.41 bits per heavy atom. The lowest BCUT2D eigenvalue weighted by atomic mass is 9.99. The highest BCUT2D eigenvalue weighted by Crippen LogP contribution is 2.35. The SMILES string of the molecule is CC1CCN(C(=O)c2cnc3c(ccn3-c3cccnc3)c2)CC1.CC1CCN(C(=O)c2cnc3c(ccn3-c3cnccn3)c2)CC1.Cc1cncc(-n2cc(Cl)c3cc(C(=O)N4CCC(C)CC4)cnc32)n1.O=C(O)CCc1nc2cc(C(=O)N3CCCCC3)ccc2n1-c1cccc(Cl)c1.O=C(c1ccc2c(c1)c(Cl)cn2-c1cccc(Cl)c1)N1CCCCC1. The number of rotatable bonds is 13. The summed E-state index contributed by atoms with van der Waals surface area (Å²) in [5.74, 6) is 3.51. The molecule has 20 rings (SSSR count). The van der Waals surface area contributed by atoms with Gasteiger partial charge in [0, 0.05) is 194 Å². The fraction of sp³-hybridized carbons (Fsp3) is 0.316. The first-order valence-electron chi connectivity index (χ1n) is 43.7. The van der Waals surface area contributed by atoms with Crippen molar-refractivity contribution in [2.45, 2.75) is 118 Å². The molecule has 0 aliphatic carbocycles. The maximum Gasteiger partial charge on any atom is 0.303 e. The van der Waals surface area contributed by atoms with Crippen LogP contribution < -0.4 is 0 Å². The van der Waals surface area contributed by atoms with Crippen molar-refractivity contribution in [1.82, 2.24) is 92.2 Å². The van der Waals surface area contributed by atoms with Crippen LogP contribution in [0.25, 0.3) is 83.7 Å². The smallest absolute Gasteiger partial charge is 0.303 e. The first-order chi connectivity index (χ1) is 62.1. The number of pyridine rings is 4. The molecule has 26 nitrogen and oxygen atoms in total. The molecule has 0 saturated carbocycles. The van der Waals surface area contributed by atoms with Crippen molar-refractivity contribution < 1.29 is 33.9 Å². The molecule has 30 heteroatoms. The molecular weight excluding hydrogens is 1700 g/mol. The van der Waals surface area contributed by atoms with E-state index in [2.05, 4.69) is 65.6 Å². The standard InChI is InChI=1S/C22H22ClN3O3.C20H18Cl2N2O.C19H20ClN5O.C19H20N4O.C18H19N5O/c23-16-5-4-6-17(14-16)26-19-8-7-15(22(29)25-11-2-1-3-12-25)13-18(19)24-20(26)9-10-21(27)28;21-15-5-4-6-16(12-15)24-13-18(22)17-11-14(7-8-19(17)24)20(25)23-9-2-1-3-10-23;1-12-3-5-24(6-4-12)19(26)14-7-15-16(20)11-25(18(15)22-9-14)17-10-21-8-13(2)23-17;1-14-4-8-22(9-5-14)19(24)16-11-15-6-10-23(18(15)21-12-16)17-3-2-7-20-13-17;1-13-2-7-22(8-3-13)18(24)15-10-14-4-9-23(17(14)21-11-15)16-12-19-5-6-20-16/h4-8,13-14H,1-3,9-12H2,(H,27,28);4-8,11-13H,1-3,9-10H2;7-12H,3-6H2,1-2H3;2-3,6-7,10-14H,4-5,8-9H2,1H3;4-6,9-13H,2-3,7-8H2,1H3. The zero-order valence-electron chi connectivity index (χ0n) is 71.8. The van der Waals surface area contributed by atoms with Crippen molar-refractivity contribution in [1.29, 1.82) is 0 Å². The lowest BCUT2D eigenvalue weighted by Gasteiger charge is -2.30. The van der Waals surface area contributed by atoms with Gasteiger partial charge in [0.1, 0.15) is 22.8 Å². The van der Waals surface area contributed by atoms with E-state index < -0.39 is 5.97 Å². The molecule has 5 fully saturated rings. The van der Waals surface area contributed by atoms with Gasteiger partial charge in [-0.3, -0.25) is 62.0 Å². The number of aromatic nitrogens is 14. The summed E-state index contributed by atoms with van der Waals surface area (Å²) in [6, 6.07) is 39.7. The Kier molecular flexibility index (Phi) is 28.0. The minimum atomic E-state index is -0.879. The van der Waals surface area contributed by atoms with Gasteiger partial charge in [-0.1, -0.05) is 79.3 Å². The molecule has 0 bridgehead atoms. The third-order valence-corrected chi connectivity index (χ3v) is 25.4. The minimum absolute atomic E-state index is 0.0189. The van der Waals surface area contributed by atoms with Gasteiger partial charge in [0.05, 0.1) is 79.7 Å². The number of amides is 5. The summed E-state index contributed by atoms with van der Waals surface area (Å²) in [5, 5.41) is 15.1. The maximum atomic E-state index is 12.9. The highest BCUT2D eigenvalue weighted by atomic mass is 35.5. The Morgan fingerprint density at radius 1 is 0.391 bits per heavy atom. The molecule has 5 aliphatic heterocycles. The number of carboxylic acids is 1. The number of carbonyl (C=O) groups is 6. The Hall–Kier alpha value is -12.8. The number of carbonyl (C=O) groups excluding carboxylic acids is 5. The van der Waals surface area contributed by atoms with Crippen LogP contribution in [0.3, 0.4) is 0 Å². The van der Waals surface area contributed by atoms with Crippen LogP contribution >= 0.6 is 46.4 Å². The summed E-state index contributed by atoms with van der Waals surface area (Å²) in [6.07, 6.45) is 37.6. The zero-order chi connectivity index (χ0) is 89.1.